The average molecular weight is 477 g/mol. The van der Waals surface area contributed by atoms with Gasteiger partial charge in [0.25, 0.3) is 0 Å². The van der Waals surface area contributed by atoms with Crippen LogP contribution < -0.4 is 0 Å². The van der Waals surface area contributed by atoms with Crippen molar-refractivity contribution >= 4 is 39.8 Å². The van der Waals surface area contributed by atoms with Crippen LogP contribution >= 0.6 is 15.9 Å². The number of alkyl halides is 3. The van der Waals surface area contributed by atoms with Crippen LogP contribution in [0.3, 0.4) is 0 Å². The van der Waals surface area contributed by atoms with Crippen molar-refractivity contribution in [1.82, 2.24) is 0 Å². The molecule has 3 atom stereocenters. The fourth-order valence-electron chi connectivity index (χ4n) is 2.54. The Hall–Kier alpha value is -2.11. The average Bonchev–Trinajstić information content (AvgIpc) is 2.61. The molecule has 0 saturated heterocycles. The van der Waals surface area contributed by atoms with Gasteiger partial charge in [0.2, 0.25) is 0 Å². The molecule has 8 nitrogen and oxygen atoms in total. The predicted molar refractivity (Wildman–Crippen MR) is 92.4 cm³/mol. The van der Waals surface area contributed by atoms with Gasteiger partial charge in [0, 0.05) is 0 Å². The van der Waals surface area contributed by atoms with Crippen LogP contribution in [0.1, 0.15) is 38.5 Å². The summed E-state index contributed by atoms with van der Waals surface area (Å²) in [7, 11) is 0. The maximum atomic E-state index is 13.5. The molecule has 0 aromatic carbocycles. The van der Waals surface area contributed by atoms with Crippen LogP contribution in [0.15, 0.2) is 10.6 Å². The van der Waals surface area contributed by atoms with Gasteiger partial charge >= 0.3 is 23.9 Å². The van der Waals surface area contributed by atoms with Crippen molar-refractivity contribution in [3.63, 3.8) is 0 Å². The second-order valence-corrected chi connectivity index (χ2v) is 7.05. The zero-order chi connectivity index (χ0) is 22.1. The number of hydrogen-bond donors (Lipinski definition) is 4. The molecule has 0 aliphatic carbocycles. The first-order valence-corrected chi connectivity index (χ1v) is 8.83. The van der Waals surface area contributed by atoms with Gasteiger partial charge in [-0.05, 0) is 59.9 Å². The van der Waals surface area contributed by atoms with Gasteiger partial charge < -0.3 is 20.4 Å². The van der Waals surface area contributed by atoms with Crippen molar-refractivity contribution in [2.45, 2.75) is 57.0 Å². The van der Waals surface area contributed by atoms with Crippen LogP contribution in [0.4, 0.5) is 13.2 Å². The molecule has 0 radical (unpaired) electrons. The second-order valence-electron chi connectivity index (χ2n) is 6.19. The van der Waals surface area contributed by atoms with Crippen molar-refractivity contribution < 1.29 is 52.8 Å². The molecule has 0 amide bonds. The molecule has 160 valence electrons. The SMILES string of the molecule is O=C(O)/C(Br)=C/C(CCC(F)C(=O)O)(CCC(F)C(=O)O)CCC(F)C(=O)O. The van der Waals surface area contributed by atoms with Gasteiger partial charge in [0.15, 0.2) is 18.5 Å². The van der Waals surface area contributed by atoms with Crippen molar-refractivity contribution in [2.75, 3.05) is 0 Å². The molecule has 0 aromatic heterocycles. The molecule has 3 unspecified atom stereocenters. The number of carboxylic acids is 4. The molecule has 0 heterocycles. The van der Waals surface area contributed by atoms with Crippen LogP contribution in [0.5, 0.6) is 0 Å². The molecule has 0 saturated carbocycles. The summed E-state index contributed by atoms with van der Waals surface area (Å²) in [5.41, 5.74) is -1.55. The van der Waals surface area contributed by atoms with E-state index in [0.717, 1.165) is 6.08 Å². The van der Waals surface area contributed by atoms with E-state index in [1.54, 1.807) is 0 Å². The Balaban J connectivity index is 5.80. The largest absolute Gasteiger partial charge is 0.479 e. The number of carboxylic acid groups (broad SMARTS) is 4. The van der Waals surface area contributed by atoms with Crippen LogP contribution in [0.25, 0.3) is 0 Å². The number of carbonyl (C=O) groups is 4. The van der Waals surface area contributed by atoms with E-state index in [9.17, 15) is 32.3 Å². The van der Waals surface area contributed by atoms with Crippen LogP contribution in [0, 0.1) is 5.41 Å². The molecule has 0 aliphatic rings. The third-order valence-electron chi connectivity index (χ3n) is 4.13. The van der Waals surface area contributed by atoms with Gasteiger partial charge in [0.05, 0.1) is 4.48 Å². The van der Waals surface area contributed by atoms with E-state index < -0.39 is 90.8 Å². The Morgan fingerprint density at radius 1 is 0.750 bits per heavy atom. The van der Waals surface area contributed by atoms with E-state index in [2.05, 4.69) is 15.9 Å². The molecule has 0 rings (SSSR count). The first-order valence-electron chi connectivity index (χ1n) is 8.03. The normalized spacial score (nSPS) is 17.2. The third-order valence-corrected chi connectivity index (χ3v) is 4.70. The van der Waals surface area contributed by atoms with Crippen LogP contribution in [-0.2, 0) is 19.2 Å². The molecule has 0 aliphatic heterocycles. The Labute approximate surface area is 166 Å². The smallest absolute Gasteiger partial charge is 0.342 e. The third kappa shape index (κ3) is 9.20. The van der Waals surface area contributed by atoms with Gasteiger partial charge in [-0.2, -0.15) is 0 Å². The van der Waals surface area contributed by atoms with E-state index in [1.165, 1.54) is 0 Å². The number of allylic oxidation sites excluding steroid dienone is 1. The Kier molecular flexibility index (Phi) is 10.8. The van der Waals surface area contributed by atoms with E-state index in [-0.39, 0.29) is 0 Å². The number of aliphatic carboxylic acids is 4. The highest BCUT2D eigenvalue weighted by molar-refractivity contribution is 9.12. The monoisotopic (exact) mass is 476 g/mol. The van der Waals surface area contributed by atoms with E-state index in [4.69, 9.17) is 20.4 Å². The Morgan fingerprint density at radius 3 is 1.25 bits per heavy atom. The summed E-state index contributed by atoms with van der Waals surface area (Å²) in [5, 5.41) is 35.0. The van der Waals surface area contributed by atoms with Crippen molar-refractivity contribution in [1.29, 1.82) is 0 Å². The maximum Gasteiger partial charge on any atom is 0.342 e. The lowest BCUT2D eigenvalue weighted by Crippen LogP contribution is -2.28. The lowest BCUT2D eigenvalue weighted by molar-refractivity contribution is -0.143. The number of hydrogen-bond acceptors (Lipinski definition) is 4. The minimum absolute atomic E-state index is 0.401. The van der Waals surface area contributed by atoms with Crippen LogP contribution in [0.2, 0.25) is 0 Å². The molecular formula is C16H20BrF3O8. The van der Waals surface area contributed by atoms with E-state index in [0.29, 0.717) is 0 Å². The number of halogens is 4. The van der Waals surface area contributed by atoms with E-state index >= 15 is 0 Å². The van der Waals surface area contributed by atoms with Gasteiger partial charge in [-0.1, -0.05) is 6.08 Å². The molecule has 28 heavy (non-hydrogen) atoms. The summed E-state index contributed by atoms with van der Waals surface area (Å²) in [6.07, 6.45) is -9.23. The number of rotatable bonds is 14. The van der Waals surface area contributed by atoms with E-state index in [1.807, 2.05) is 0 Å². The molecule has 4 N–H and O–H groups in total. The lowest BCUT2D eigenvalue weighted by Gasteiger charge is -2.32. The molecule has 0 aromatic rings. The molecule has 12 heteroatoms. The van der Waals surface area contributed by atoms with Crippen molar-refractivity contribution in [3.05, 3.63) is 10.6 Å². The van der Waals surface area contributed by atoms with Gasteiger partial charge in [-0.25, -0.2) is 32.3 Å². The standard InChI is InChI=1S/C16H20BrF3O8/c17-8(12(21)22)7-16(4-1-9(18)13(23)24,5-2-10(19)14(25)26)6-3-11(20)15(27)28/h7,9-11H,1-6H2,(H,21,22)(H,23,24)(H,25,26)(H,27,28)/b8-7-. The Morgan fingerprint density at radius 2 is 1.04 bits per heavy atom. The fourth-order valence-corrected chi connectivity index (χ4v) is 3.02. The highest BCUT2D eigenvalue weighted by atomic mass is 79.9. The van der Waals surface area contributed by atoms with Gasteiger partial charge in [0.1, 0.15) is 0 Å². The fraction of sp³-hybridized carbons (Fsp3) is 0.625. The lowest BCUT2D eigenvalue weighted by atomic mass is 9.73. The summed E-state index contributed by atoms with van der Waals surface area (Å²) < 4.78 is 40.1. The summed E-state index contributed by atoms with van der Waals surface area (Å²) in [6.45, 7) is 0. The van der Waals surface area contributed by atoms with Crippen molar-refractivity contribution in [2.24, 2.45) is 5.41 Å². The molecule has 0 bridgehead atoms. The predicted octanol–water partition coefficient (Wildman–Crippen LogP) is 2.94. The highest BCUT2D eigenvalue weighted by Gasteiger charge is 2.34. The minimum Gasteiger partial charge on any atom is -0.479 e. The summed E-state index contributed by atoms with van der Waals surface area (Å²) >= 11 is 2.72. The molecule has 0 fully saturated rings. The minimum atomic E-state index is -2.35. The highest BCUT2D eigenvalue weighted by Crippen LogP contribution is 2.40. The summed E-state index contributed by atoms with van der Waals surface area (Å²) in [4.78, 5) is 43.2. The van der Waals surface area contributed by atoms with Gasteiger partial charge in [-0.15, -0.1) is 0 Å². The topological polar surface area (TPSA) is 149 Å². The zero-order valence-corrected chi connectivity index (χ0v) is 16.1. The first kappa shape index (κ1) is 25.9. The Bertz CT molecular complexity index is 565. The van der Waals surface area contributed by atoms with Crippen molar-refractivity contribution in [3.8, 4) is 0 Å². The van der Waals surface area contributed by atoms with Gasteiger partial charge in [-0.3, -0.25) is 0 Å². The van der Waals surface area contributed by atoms with Crippen LogP contribution in [-0.4, -0.2) is 62.8 Å². The maximum absolute atomic E-state index is 13.5. The summed E-state index contributed by atoms with van der Waals surface area (Å²) in [5.74, 6) is -6.86. The second kappa shape index (κ2) is 11.7. The zero-order valence-electron chi connectivity index (χ0n) is 14.5. The first-order chi connectivity index (χ1) is 12.8. The molecule has 0 spiro atoms. The quantitative estimate of drug-likeness (QED) is 0.279. The molecular weight excluding hydrogens is 457 g/mol. The summed E-state index contributed by atoms with van der Waals surface area (Å²) in [6, 6.07) is 0.